The molecular weight excluding hydrogens is 404 g/mol. The van der Waals surface area contributed by atoms with Crippen molar-refractivity contribution in [3.63, 3.8) is 0 Å². The van der Waals surface area contributed by atoms with E-state index in [1.54, 1.807) is 15.8 Å². The minimum atomic E-state index is -0.210. The molecule has 2 amide bonds. The Morgan fingerprint density at radius 3 is 2.77 bits per heavy atom. The van der Waals surface area contributed by atoms with E-state index < -0.39 is 0 Å². The summed E-state index contributed by atoms with van der Waals surface area (Å²) in [6, 6.07) is 14.8. The number of para-hydroxylation sites is 2. The number of nitrogens with zero attached hydrogens (tertiary/aromatic N) is 3. The summed E-state index contributed by atoms with van der Waals surface area (Å²) in [7, 11) is 0. The van der Waals surface area contributed by atoms with Gasteiger partial charge < -0.3 is 19.7 Å². The molecule has 3 aromatic rings. The van der Waals surface area contributed by atoms with E-state index in [4.69, 9.17) is 21.1 Å². The Labute approximate surface area is 180 Å². The van der Waals surface area contributed by atoms with Crippen LogP contribution in [0.15, 0.2) is 60.9 Å². The lowest BCUT2D eigenvalue weighted by Gasteiger charge is -2.30. The van der Waals surface area contributed by atoms with Gasteiger partial charge in [0, 0.05) is 29.9 Å². The first kappa shape index (κ1) is 20.1. The van der Waals surface area contributed by atoms with Gasteiger partial charge in [-0.2, -0.15) is 5.10 Å². The van der Waals surface area contributed by atoms with E-state index in [0.29, 0.717) is 37.0 Å². The number of carbonyl (C=O) groups excluding carboxylic acids is 1. The van der Waals surface area contributed by atoms with Gasteiger partial charge in [-0.15, -0.1) is 0 Å². The quantitative estimate of drug-likeness (QED) is 0.649. The zero-order chi connectivity index (χ0) is 20.9. The highest BCUT2D eigenvalue weighted by molar-refractivity contribution is 6.30. The van der Waals surface area contributed by atoms with Gasteiger partial charge in [0.15, 0.2) is 17.6 Å². The maximum absolute atomic E-state index is 12.7. The van der Waals surface area contributed by atoms with Gasteiger partial charge >= 0.3 is 6.03 Å². The molecule has 1 unspecified atom stereocenters. The van der Waals surface area contributed by atoms with Gasteiger partial charge in [0.2, 0.25) is 0 Å². The normalized spacial score (nSPS) is 14.9. The molecule has 0 radical (unpaired) electrons. The number of likely N-dealkylation sites (N-methyl/N-ethyl adjacent to an activating group) is 1. The van der Waals surface area contributed by atoms with Gasteiger partial charge in [-0.3, -0.25) is 0 Å². The summed E-state index contributed by atoms with van der Waals surface area (Å²) < 4.78 is 13.5. The standard InChI is InChI=1S/C22H23ClN4O3/c1-2-26(14-19-15-29-20-5-3-4-6-21(20)30-19)22(28)24-11-16-12-25-27(13-16)18-9-7-17(23)8-10-18/h3-10,12-13,19H,2,11,14-15H2,1H3,(H,24,28). The minimum absolute atomic E-state index is 0.154. The van der Waals surface area contributed by atoms with Crippen LogP contribution in [0.1, 0.15) is 12.5 Å². The number of carbonyl (C=O) groups is 1. The van der Waals surface area contributed by atoms with Crippen LogP contribution in [0.5, 0.6) is 11.5 Å². The molecule has 0 saturated carbocycles. The van der Waals surface area contributed by atoms with Gasteiger partial charge in [-0.05, 0) is 43.3 Å². The number of ether oxygens (including phenoxy) is 2. The molecule has 1 aliphatic heterocycles. The third kappa shape index (κ3) is 4.68. The summed E-state index contributed by atoms with van der Waals surface area (Å²) in [5, 5.41) is 7.97. The highest BCUT2D eigenvalue weighted by atomic mass is 35.5. The van der Waals surface area contributed by atoms with Crippen LogP contribution in [0.2, 0.25) is 5.02 Å². The fraction of sp³-hybridized carbons (Fsp3) is 0.273. The average Bonchev–Trinajstić information content (AvgIpc) is 3.25. The highest BCUT2D eigenvalue weighted by Gasteiger charge is 2.24. The van der Waals surface area contributed by atoms with Gasteiger partial charge in [0.25, 0.3) is 0 Å². The number of urea groups is 1. The monoisotopic (exact) mass is 426 g/mol. The Bertz CT molecular complexity index is 1010. The van der Waals surface area contributed by atoms with Crippen LogP contribution in [0.25, 0.3) is 5.69 Å². The van der Waals surface area contributed by atoms with Crippen molar-refractivity contribution < 1.29 is 14.3 Å². The van der Waals surface area contributed by atoms with Gasteiger partial charge in [0.1, 0.15) is 6.61 Å². The van der Waals surface area contributed by atoms with Crippen molar-refractivity contribution in [3.05, 3.63) is 71.5 Å². The molecule has 2 heterocycles. The molecule has 156 valence electrons. The van der Waals surface area contributed by atoms with Crippen LogP contribution in [0.3, 0.4) is 0 Å². The third-order valence-corrected chi connectivity index (χ3v) is 5.08. The second-order valence-corrected chi connectivity index (χ2v) is 7.40. The summed E-state index contributed by atoms with van der Waals surface area (Å²) in [6.07, 6.45) is 3.41. The molecule has 1 atom stereocenters. The van der Waals surface area contributed by atoms with Crippen LogP contribution < -0.4 is 14.8 Å². The molecule has 1 aliphatic rings. The van der Waals surface area contributed by atoms with E-state index in [2.05, 4.69) is 10.4 Å². The van der Waals surface area contributed by atoms with Crippen molar-refractivity contribution in [2.75, 3.05) is 19.7 Å². The Balaban J connectivity index is 1.31. The van der Waals surface area contributed by atoms with Crippen LogP contribution in [0.4, 0.5) is 4.79 Å². The van der Waals surface area contributed by atoms with Gasteiger partial charge in [-0.25, -0.2) is 9.48 Å². The summed E-state index contributed by atoms with van der Waals surface area (Å²) in [5.41, 5.74) is 1.81. The summed E-state index contributed by atoms with van der Waals surface area (Å²) in [4.78, 5) is 14.4. The molecule has 0 fully saturated rings. The van der Waals surface area contributed by atoms with E-state index >= 15 is 0 Å². The Morgan fingerprint density at radius 2 is 2.00 bits per heavy atom. The van der Waals surface area contributed by atoms with Crippen LogP contribution in [-0.2, 0) is 6.54 Å². The van der Waals surface area contributed by atoms with Crippen molar-refractivity contribution >= 4 is 17.6 Å². The van der Waals surface area contributed by atoms with E-state index in [9.17, 15) is 4.79 Å². The van der Waals surface area contributed by atoms with Crippen LogP contribution in [0, 0.1) is 0 Å². The fourth-order valence-corrected chi connectivity index (χ4v) is 3.36. The van der Waals surface area contributed by atoms with Crippen molar-refractivity contribution in [1.29, 1.82) is 0 Å². The lowest BCUT2D eigenvalue weighted by Crippen LogP contribution is -2.47. The summed E-state index contributed by atoms with van der Waals surface area (Å²) in [5.74, 6) is 1.44. The number of fused-ring (bicyclic) bond motifs is 1. The highest BCUT2D eigenvalue weighted by Crippen LogP contribution is 2.31. The molecule has 0 saturated heterocycles. The van der Waals surface area contributed by atoms with E-state index in [1.165, 1.54) is 0 Å². The van der Waals surface area contributed by atoms with Crippen LogP contribution in [-0.4, -0.2) is 46.5 Å². The summed E-state index contributed by atoms with van der Waals surface area (Å²) >= 11 is 5.93. The zero-order valence-corrected chi connectivity index (χ0v) is 17.4. The maximum atomic E-state index is 12.7. The lowest BCUT2D eigenvalue weighted by molar-refractivity contribution is 0.0675. The molecule has 1 aromatic heterocycles. The first-order valence-corrected chi connectivity index (χ1v) is 10.2. The molecule has 2 aromatic carbocycles. The number of amides is 2. The topological polar surface area (TPSA) is 68.6 Å². The van der Waals surface area contributed by atoms with Crippen LogP contribution >= 0.6 is 11.6 Å². The smallest absolute Gasteiger partial charge is 0.317 e. The molecule has 4 rings (SSSR count). The van der Waals surface area contributed by atoms with E-state index in [0.717, 1.165) is 17.0 Å². The van der Waals surface area contributed by atoms with Crippen molar-refractivity contribution in [2.45, 2.75) is 19.6 Å². The predicted molar refractivity (Wildman–Crippen MR) is 114 cm³/mol. The van der Waals surface area contributed by atoms with Crippen molar-refractivity contribution in [2.24, 2.45) is 0 Å². The van der Waals surface area contributed by atoms with Crippen molar-refractivity contribution in [1.82, 2.24) is 20.0 Å². The predicted octanol–water partition coefficient (Wildman–Crippen LogP) is 3.90. The van der Waals surface area contributed by atoms with Crippen molar-refractivity contribution in [3.8, 4) is 17.2 Å². The SMILES string of the molecule is CCN(CC1COc2ccccc2O1)C(=O)NCc1cnn(-c2ccc(Cl)cc2)c1. The number of nitrogens with one attached hydrogen (secondary N) is 1. The largest absolute Gasteiger partial charge is 0.486 e. The number of hydrogen-bond acceptors (Lipinski definition) is 4. The fourth-order valence-electron chi connectivity index (χ4n) is 3.23. The second kappa shape index (κ2) is 9.09. The van der Waals surface area contributed by atoms with Gasteiger partial charge in [-0.1, -0.05) is 23.7 Å². The van der Waals surface area contributed by atoms with E-state index in [1.807, 2.05) is 61.7 Å². The summed E-state index contributed by atoms with van der Waals surface area (Å²) in [6.45, 7) is 3.75. The third-order valence-electron chi connectivity index (χ3n) is 4.83. The number of benzene rings is 2. The molecule has 8 heteroatoms. The molecular formula is C22H23ClN4O3. The molecule has 7 nitrogen and oxygen atoms in total. The van der Waals surface area contributed by atoms with E-state index in [-0.39, 0.29) is 12.1 Å². The Morgan fingerprint density at radius 1 is 1.23 bits per heavy atom. The molecule has 1 N–H and O–H groups in total. The number of rotatable bonds is 6. The molecule has 0 bridgehead atoms. The van der Waals surface area contributed by atoms with Gasteiger partial charge in [0.05, 0.1) is 18.4 Å². The molecule has 0 spiro atoms. The number of aromatic nitrogens is 2. The maximum Gasteiger partial charge on any atom is 0.317 e. The Hall–Kier alpha value is -3.19. The minimum Gasteiger partial charge on any atom is -0.486 e. The second-order valence-electron chi connectivity index (χ2n) is 6.96. The number of halogens is 1. The first-order valence-electron chi connectivity index (χ1n) is 9.83. The lowest BCUT2D eigenvalue weighted by atomic mass is 10.2. The average molecular weight is 427 g/mol. The Kier molecular flexibility index (Phi) is 6.09. The first-order chi connectivity index (χ1) is 14.6. The molecule has 0 aliphatic carbocycles. The number of hydrogen-bond donors (Lipinski definition) is 1. The zero-order valence-electron chi connectivity index (χ0n) is 16.6. The molecule has 30 heavy (non-hydrogen) atoms.